The number of amides is 1. The normalized spacial score (nSPS) is 15.4. The second-order valence-corrected chi connectivity index (χ2v) is 6.78. The molecule has 1 aliphatic heterocycles. The highest BCUT2D eigenvalue weighted by atomic mass is 32.2. The molecule has 0 bridgehead atoms. The van der Waals surface area contributed by atoms with Crippen LogP contribution in [-0.4, -0.2) is 14.3 Å². The average molecular weight is 329 g/mol. The molecule has 0 aromatic heterocycles. The fourth-order valence-electron chi connectivity index (χ4n) is 2.47. The largest absolute Gasteiger partial charge is 0.361 e. The number of benzene rings is 2. The number of carbonyl (C=O) groups is 1. The SMILES string of the molecule is Cc1cccc2c1/C(=C/Nc1ccc(S(N)(=O)=O)cc1)C(=O)N2. The van der Waals surface area contributed by atoms with E-state index in [1.807, 2.05) is 25.1 Å². The molecule has 0 atom stereocenters. The maximum Gasteiger partial charge on any atom is 0.257 e. The summed E-state index contributed by atoms with van der Waals surface area (Å²) in [6.45, 7) is 1.94. The van der Waals surface area contributed by atoms with Gasteiger partial charge >= 0.3 is 0 Å². The van der Waals surface area contributed by atoms with Gasteiger partial charge in [-0.2, -0.15) is 0 Å². The number of sulfonamides is 1. The molecule has 7 heteroatoms. The third kappa shape index (κ3) is 2.96. The molecule has 2 aromatic rings. The van der Waals surface area contributed by atoms with Crippen molar-refractivity contribution in [3.63, 3.8) is 0 Å². The van der Waals surface area contributed by atoms with Crippen LogP contribution in [0, 0.1) is 6.92 Å². The Morgan fingerprint density at radius 1 is 1.13 bits per heavy atom. The van der Waals surface area contributed by atoms with Crippen molar-refractivity contribution in [1.29, 1.82) is 0 Å². The fourth-order valence-corrected chi connectivity index (χ4v) is 2.98. The summed E-state index contributed by atoms with van der Waals surface area (Å²) in [6.07, 6.45) is 1.61. The summed E-state index contributed by atoms with van der Waals surface area (Å²) in [5.74, 6) is -0.178. The van der Waals surface area contributed by atoms with E-state index in [2.05, 4.69) is 10.6 Å². The summed E-state index contributed by atoms with van der Waals surface area (Å²) in [5.41, 5.74) is 3.84. The predicted octanol–water partition coefficient (Wildman–Crippen LogP) is 2.05. The van der Waals surface area contributed by atoms with Crippen LogP contribution < -0.4 is 15.8 Å². The topological polar surface area (TPSA) is 101 Å². The maximum absolute atomic E-state index is 12.1. The molecule has 3 rings (SSSR count). The number of fused-ring (bicyclic) bond motifs is 1. The first-order valence-electron chi connectivity index (χ1n) is 6.87. The van der Waals surface area contributed by atoms with Gasteiger partial charge in [-0.25, -0.2) is 13.6 Å². The zero-order valence-corrected chi connectivity index (χ0v) is 13.1. The van der Waals surface area contributed by atoms with Crippen LogP contribution in [-0.2, 0) is 14.8 Å². The van der Waals surface area contributed by atoms with Crippen molar-refractivity contribution >= 4 is 32.9 Å². The van der Waals surface area contributed by atoms with E-state index in [0.717, 1.165) is 16.8 Å². The molecule has 2 aromatic carbocycles. The van der Waals surface area contributed by atoms with Gasteiger partial charge in [0.25, 0.3) is 5.91 Å². The minimum Gasteiger partial charge on any atom is -0.361 e. The van der Waals surface area contributed by atoms with Gasteiger partial charge in [0.2, 0.25) is 10.0 Å². The van der Waals surface area contributed by atoms with E-state index in [1.54, 1.807) is 18.3 Å². The molecule has 0 radical (unpaired) electrons. The van der Waals surface area contributed by atoms with Crippen molar-refractivity contribution in [2.45, 2.75) is 11.8 Å². The summed E-state index contributed by atoms with van der Waals surface area (Å²) < 4.78 is 22.4. The lowest BCUT2D eigenvalue weighted by molar-refractivity contribution is -0.110. The molecular formula is C16H15N3O3S. The monoisotopic (exact) mass is 329 g/mol. The van der Waals surface area contributed by atoms with Gasteiger partial charge in [0.05, 0.1) is 10.5 Å². The van der Waals surface area contributed by atoms with Crippen molar-refractivity contribution in [2.75, 3.05) is 10.6 Å². The predicted molar refractivity (Wildman–Crippen MR) is 89.2 cm³/mol. The van der Waals surface area contributed by atoms with Gasteiger partial charge in [0.1, 0.15) is 0 Å². The Kier molecular flexibility index (Phi) is 3.67. The maximum atomic E-state index is 12.1. The molecule has 4 N–H and O–H groups in total. The van der Waals surface area contributed by atoms with E-state index in [9.17, 15) is 13.2 Å². The number of hydrogen-bond donors (Lipinski definition) is 3. The zero-order chi connectivity index (χ0) is 16.6. The average Bonchev–Trinajstić information content (AvgIpc) is 2.81. The minimum absolute atomic E-state index is 0.0375. The number of rotatable bonds is 3. The summed E-state index contributed by atoms with van der Waals surface area (Å²) in [6, 6.07) is 11.7. The Bertz CT molecular complexity index is 916. The van der Waals surface area contributed by atoms with Crippen molar-refractivity contribution < 1.29 is 13.2 Å². The van der Waals surface area contributed by atoms with Gasteiger partial charge in [-0.3, -0.25) is 4.79 Å². The van der Waals surface area contributed by atoms with Gasteiger partial charge in [-0.15, -0.1) is 0 Å². The van der Waals surface area contributed by atoms with Crippen LogP contribution in [0.25, 0.3) is 5.57 Å². The van der Waals surface area contributed by atoms with E-state index < -0.39 is 10.0 Å². The summed E-state index contributed by atoms with van der Waals surface area (Å²) in [7, 11) is -3.71. The van der Waals surface area contributed by atoms with Crippen LogP contribution in [0.15, 0.2) is 53.6 Å². The molecule has 0 aliphatic carbocycles. The van der Waals surface area contributed by atoms with Crippen molar-refractivity contribution in [1.82, 2.24) is 0 Å². The van der Waals surface area contributed by atoms with E-state index >= 15 is 0 Å². The molecule has 6 nitrogen and oxygen atoms in total. The molecule has 23 heavy (non-hydrogen) atoms. The first-order chi connectivity index (χ1) is 10.9. The third-order valence-corrected chi connectivity index (χ3v) is 4.53. The van der Waals surface area contributed by atoms with E-state index in [1.165, 1.54) is 12.1 Å². The van der Waals surface area contributed by atoms with Gasteiger partial charge in [-0.1, -0.05) is 12.1 Å². The number of primary sulfonamides is 1. The van der Waals surface area contributed by atoms with Crippen molar-refractivity contribution in [3.05, 3.63) is 59.8 Å². The van der Waals surface area contributed by atoms with Gasteiger partial charge in [0.15, 0.2) is 0 Å². The highest BCUT2D eigenvalue weighted by molar-refractivity contribution is 7.89. The molecule has 1 amide bonds. The summed E-state index contributed by atoms with van der Waals surface area (Å²) in [5, 5.41) is 10.9. The van der Waals surface area contributed by atoms with Crippen LogP contribution in [0.1, 0.15) is 11.1 Å². The summed E-state index contributed by atoms with van der Waals surface area (Å²) in [4.78, 5) is 12.1. The molecule has 0 spiro atoms. The lowest BCUT2D eigenvalue weighted by Gasteiger charge is -2.05. The number of hydrogen-bond acceptors (Lipinski definition) is 4. The van der Waals surface area contributed by atoms with Crippen molar-refractivity contribution in [3.8, 4) is 0 Å². The van der Waals surface area contributed by atoms with Crippen LogP contribution in [0.4, 0.5) is 11.4 Å². The quantitative estimate of drug-likeness (QED) is 0.750. The third-order valence-electron chi connectivity index (χ3n) is 3.60. The number of carbonyl (C=O) groups excluding carboxylic acids is 1. The number of anilines is 2. The molecule has 0 saturated carbocycles. The van der Waals surface area contributed by atoms with Gasteiger partial charge in [0, 0.05) is 23.1 Å². The molecule has 1 heterocycles. The van der Waals surface area contributed by atoms with Crippen LogP contribution in [0.3, 0.4) is 0 Å². The Hall–Kier alpha value is -2.64. The Balaban J connectivity index is 1.88. The Morgan fingerprint density at radius 2 is 1.83 bits per heavy atom. The minimum atomic E-state index is -3.71. The van der Waals surface area contributed by atoms with Crippen molar-refractivity contribution in [2.24, 2.45) is 5.14 Å². The number of aryl methyl sites for hydroxylation is 1. The van der Waals surface area contributed by atoms with Crippen LogP contribution in [0.5, 0.6) is 0 Å². The Morgan fingerprint density at radius 3 is 2.48 bits per heavy atom. The second-order valence-electron chi connectivity index (χ2n) is 5.22. The lowest BCUT2D eigenvalue weighted by atomic mass is 10.0. The smallest absolute Gasteiger partial charge is 0.257 e. The van der Waals surface area contributed by atoms with E-state index in [4.69, 9.17) is 5.14 Å². The first kappa shape index (κ1) is 15.3. The van der Waals surface area contributed by atoms with Crippen LogP contribution >= 0.6 is 0 Å². The highest BCUT2D eigenvalue weighted by Crippen LogP contribution is 2.34. The second kappa shape index (κ2) is 5.53. The molecular weight excluding hydrogens is 314 g/mol. The Labute approximate surface area is 134 Å². The molecule has 0 unspecified atom stereocenters. The summed E-state index contributed by atoms with van der Waals surface area (Å²) >= 11 is 0. The zero-order valence-electron chi connectivity index (χ0n) is 12.3. The number of nitrogens with one attached hydrogen (secondary N) is 2. The standard InChI is InChI=1S/C16H15N3O3S/c1-10-3-2-4-14-15(10)13(16(20)19-14)9-18-11-5-7-12(8-6-11)23(17,21)22/h2-9,18H,1H3,(H,19,20)(H2,17,21,22)/b13-9-. The molecule has 0 fully saturated rings. The number of nitrogens with two attached hydrogens (primary N) is 1. The lowest BCUT2D eigenvalue weighted by Crippen LogP contribution is -2.11. The fraction of sp³-hybridized carbons (Fsp3) is 0.0625. The van der Waals surface area contributed by atoms with E-state index in [-0.39, 0.29) is 10.8 Å². The first-order valence-corrected chi connectivity index (χ1v) is 8.42. The van der Waals surface area contributed by atoms with E-state index in [0.29, 0.717) is 11.3 Å². The van der Waals surface area contributed by atoms with Gasteiger partial charge in [-0.05, 0) is 42.8 Å². The molecule has 118 valence electrons. The van der Waals surface area contributed by atoms with Gasteiger partial charge < -0.3 is 10.6 Å². The molecule has 1 aliphatic rings. The molecule has 0 saturated heterocycles. The van der Waals surface area contributed by atoms with Crippen LogP contribution in [0.2, 0.25) is 0 Å². The highest BCUT2D eigenvalue weighted by Gasteiger charge is 2.25.